The van der Waals surface area contributed by atoms with Crippen molar-refractivity contribution < 1.29 is 5.11 Å². The Bertz CT molecular complexity index is 462. The highest BCUT2D eigenvalue weighted by Gasteiger charge is 2.22. The van der Waals surface area contributed by atoms with Gasteiger partial charge in [0.1, 0.15) is 0 Å². The van der Waals surface area contributed by atoms with Crippen molar-refractivity contribution >= 4 is 5.69 Å². The number of aliphatic hydroxyl groups is 1. The van der Waals surface area contributed by atoms with E-state index in [1.54, 1.807) is 13.0 Å². The third-order valence-electron chi connectivity index (χ3n) is 3.72. The molecule has 3 nitrogen and oxygen atoms in total. The highest BCUT2D eigenvalue weighted by molar-refractivity contribution is 5.59. The third-order valence-corrected chi connectivity index (χ3v) is 3.72. The summed E-state index contributed by atoms with van der Waals surface area (Å²) in [5.74, 6) is 0. The van der Waals surface area contributed by atoms with Crippen molar-refractivity contribution in [3.8, 4) is 6.07 Å². The fourth-order valence-electron chi connectivity index (χ4n) is 2.67. The van der Waals surface area contributed by atoms with Crippen LogP contribution in [0.5, 0.6) is 0 Å². The fourth-order valence-corrected chi connectivity index (χ4v) is 2.67. The van der Waals surface area contributed by atoms with Gasteiger partial charge in [-0.15, -0.1) is 0 Å². The van der Waals surface area contributed by atoms with E-state index in [0.717, 1.165) is 17.8 Å². The Labute approximate surface area is 109 Å². The van der Waals surface area contributed by atoms with Crippen LogP contribution in [-0.2, 0) is 0 Å². The minimum atomic E-state index is -0.498. The molecule has 96 valence electrons. The molecule has 1 aromatic carbocycles. The van der Waals surface area contributed by atoms with Crippen LogP contribution in [0.3, 0.4) is 0 Å². The van der Waals surface area contributed by atoms with Crippen molar-refractivity contribution in [3.05, 3.63) is 29.3 Å². The van der Waals surface area contributed by atoms with Crippen LogP contribution in [0.2, 0.25) is 0 Å². The standard InChI is InChI=1S/C15H20N2O/c1-11-5-3-4-8-17(11)15-9-13(10-16)6-7-14(15)12(2)18/h6-7,9,11-12,18H,3-5,8H2,1-2H3. The lowest BCUT2D eigenvalue weighted by molar-refractivity contribution is 0.199. The first kappa shape index (κ1) is 12.9. The van der Waals surface area contributed by atoms with E-state index in [1.807, 2.05) is 12.1 Å². The number of benzene rings is 1. The molecule has 1 aromatic rings. The molecule has 18 heavy (non-hydrogen) atoms. The van der Waals surface area contributed by atoms with Gasteiger partial charge in [0, 0.05) is 23.8 Å². The van der Waals surface area contributed by atoms with Gasteiger partial charge in [-0.2, -0.15) is 5.26 Å². The molecule has 0 aliphatic carbocycles. The van der Waals surface area contributed by atoms with Crippen molar-refractivity contribution in [3.63, 3.8) is 0 Å². The van der Waals surface area contributed by atoms with Crippen LogP contribution in [0.25, 0.3) is 0 Å². The van der Waals surface area contributed by atoms with Gasteiger partial charge in [0.15, 0.2) is 0 Å². The Morgan fingerprint density at radius 3 is 2.83 bits per heavy atom. The molecule has 1 N–H and O–H groups in total. The van der Waals surface area contributed by atoms with Gasteiger partial charge < -0.3 is 10.0 Å². The molecule has 3 heteroatoms. The summed E-state index contributed by atoms with van der Waals surface area (Å²) in [6, 6.07) is 8.22. The van der Waals surface area contributed by atoms with E-state index in [2.05, 4.69) is 17.9 Å². The molecule has 2 rings (SSSR count). The predicted octanol–water partition coefficient (Wildman–Crippen LogP) is 2.99. The Balaban J connectivity index is 2.42. The van der Waals surface area contributed by atoms with Crippen LogP contribution in [-0.4, -0.2) is 17.7 Å². The smallest absolute Gasteiger partial charge is 0.0992 e. The first-order valence-corrected chi connectivity index (χ1v) is 6.62. The lowest BCUT2D eigenvalue weighted by Gasteiger charge is -2.37. The zero-order chi connectivity index (χ0) is 13.1. The number of hydrogen-bond donors (Lipinski definition) is 1. The molecule has 0 amide bonds. The maximum Gasteiger partial charge on any atom is 0.0992 e. The summed E-state index contributed by atoms with van der Waals surface area (Å²) in [5, 5.41) is 18.9. The average Bonchev–Trinajstić information content (AvgIpc) is 2.38. The van der Waals surface area contributed by atoms with Crippen LogP contribution in [0.1, 0.15) is 50.3 Å². The molecule has 0 aromatic heterocycles. The minimum Gasteiger partial charge on any atom is -0.389 e. The Kier molecular flexibility index (Phi) is 3.88. The van der Waals surface area contributed by atoms with Crippen molar-refractivity contribution in [2.45, 2.75) is 45.3 Å². The largest absolute Gasteiger partial charge is 0.389 e. The zero-order valence-corrected chi connectivity index (χ0v) is 11.1. The van der Waals surface area contributed by atoms with E-state index in [4.69, 9.17) is 5.26 Å². The number of aliphatic hydroxyl groups excluding tert-OH is 1. The molecule has 0 bridgehead atoms. The second-order valence-corrected chi connectivity index (χ2v) is 5.10. The lowest BCUT2D eigenvalue weighted by atomic mass is 9.98. The summed E-state index contributed by atoms with van der Waals surface area (Å²) in [7, 11) is 0. The summed E-state index contributed by atoms with van der Waals surface area (Å²) in [4.78, 5) is 2.33. The minimum absolute atomic E-state index is 0.477. The highest BCUT2D eigenvalue weighted by atomic mass is 16.3. The van der Waals surface area contributed by atoms with Gasteiger partial charge in [-0.3, -0.25) is 0 Å². The number of rotatable bonds is 2. The van der Waals surface area contributed by atoms with E-state index in [0.29, 0.717) is 11.6 Å². The van der Waals surface area contributed by atoms with Gasteiger partial charge in [0.25, 0.3) is 0 Å². The normalized spacial score (nSPS) is 21.4. The molecule has 2 unspecified atom stereocenters. The number of anilines is 1. The van der Waals surface area contributed by atoms with Crippen LogP contribution in [0, 0.1) is 11.3 Å². The van der Waals surface area contributed by atoms with Gasteiger partial charge in [-0.05, 0) is 45.2 Å². The van der Waals surface area contributed by atoms with Crippen LogP contribution < -0.4 is 4.90 Å². The number of nitrogens with zero attached hydrogens (tertiary/aromatic N) is 2. The van der Waals surface area contributed by atoms with Crippen molar-refractivity contribution in [1.82, 2.24) is 0 Å². The molecule has 0 spiro atoms. The van der Waals surface area contributed by atoms with Crippen molar-refractivity contribution in [2.24, 2.45) is 0 Å². The first-order valence-electron chi connectivity index (χ1n) is 6.62. The Hall–Kier alpha value is -1.53. The second-order valence-electron chi connectivity index (χ2n) is 5.10. The molecule has 1 fully saturated rings. The summed E-state index contributed by atoms with van der Waals surface area (Å²) >= 11 is 0. The topological polar surface area (TPSA) is 47.3 Å². The zero-order valence-electron chi connectivity index (χ0n) is 11.1. The predicted molar refractivity (Wildman–Crippen MR) is 72.4 cm³/mol. The monoisotopic (exact) mass is 244 g/mol. The molecule has 1 saturated heterocycles. The lowest BCUT2D eigenvalue weighted by Crippen LogP contribution is -2.38. The molecule has 1 aliphatic heterocycles. The molecule has 0 saturated carbocycles. The van der Waals surface area contributed by atoms with E-state index >= 15 is 0 Å². The van der Waals surface area contributed by atoms with Crippen LogP contribution in [0.4, 0.5) is 5.69 Å². The second kappa shape index (κ2) is 5.41. The van der Waals surface area contributed by atoms with Crippen LogP contribution >= 0.6 is 0 Å². The molecule has 2 atom stereocenters. The maximum atomic E-state index is 9.88. The van der Waals surface area contributed by atoms with E-state index < -0.39 is 6.10 Å². The number of nitriles is 1. The average molecular weight is 244 g/mol. The van der Waals surface area contributed by atoms with Gasteiger partial charge in [-0.1, -0.05) is 6.07 Å². The van der Waals surface area contributed by atoms with Crippen molar-refractivity contribution in [1.29, 1.82) is 5.26 Å². The molecule has 1 heterocycles. The first-order chi connectivity index (χ1) is 8.63. The third kappa shape index (κ3) is 2.49. The van der Waals surface area contributed by atoms with E-state index in [1.165, 1.54) is 19.3 Å². The maximum absolute atomic E-state index is 9.88. The van der Waals surface area contributed by atoms with E-state index in [9.17, 15) is 5.11 Å². The summed E-state index contributed by atoms with van der Waals surface area (Å²) < 4.78 is 0. The Morgan fingerprint density at radius 2 is 2.22 bits per heavy atom. The molecular formula is C15H20N2O. The van der Waals surface area contributed by atoms with Gasteiger partial charge in [0.2, 0.25) is 0 Å². The molecule has 0 radical (unpaired) electrons. The molecular weight excluding hydrogens is 224 g/mol. The van der Waals surface area contributed by atoms with Crippen molar-refractivity contribution in [2.75, 3.05) is 11.4 Å². The fraction of sp³-hybridized carbons (Fsp3) is 0.533. The summed E-state index contributed by atoms with van der Waals surface area (Å²) in [6.45, 7) is 5.00. The van der Waals surface area contributed by atoms with Gasteiger partial charge in [0.05, 0.1) is 17.7 Å². The number of piperidine rings is 1. The quantitative estimate of drug-likeness (QED) is 0.870. The summed E-state index contributed by atoms with van der Waals surface area (Å²) in [6.07, 6.45) is 3.12. The van der Waals surface area contributed by atoms with Gasteiger partial charge in [-0.25, -0.2) is 0 Å². The van der Waals surface area contributed by atoms with E-state index in [-0.39, 0.29) is 0 Å². The SMILES string of the molecule is CC(O)c1ccc(C#N)cc1N1CCCCC1C. The van der Waals surface area contributed by atoms with Gasteiger partial charge >= 0.3 is 0 Å². The molecule has 1 aliphatic rings. The number of hydrogen-bond acceptors (Lipinski definition) is 3. The highest BCUT2D eigenvalue weighted by Crippen LogP contribution is 2.32. The summed E-state index contributed by atoms with van der Waals surface area (Å²) in [5.41, 5.74) is 2.60. The van der Waals surface area contributed by atoms with Crippen LogP contribution in [0.15, 0.2) is 18.2 Å². The Morgan fingerprint density at radius 1 is 1.44 bits per heavy atom.